The van der Waals surface area contributed by atoms with Gasteiger partial charge in [-0.3, -0.25) is 14.4 Å². The lowest BCUT2D eigenvalue weighted by molar-refractivity contribution is -0.169. The summed E-state index contributed by atoms with van der Waals surface area (Å²) >= 11 is 12.3. The molecule has 42 heavy (non-hydrogen) atoms. The fraction of sp³-hybridized carbons (Fsp3) is 0.464. The summed E-state index contributed by atoms with van der Waals surface area (Å²) < 4.78 is 57.2. The monoisotopic (exact) mass is 642 g/mol. The van der Waals surface area contributed by atoms with Gasteiger partial charge in [0, 0.05) is 29.9 Å². The minimum Gasteiger partial charge on any atom is -0.343 e. The zero-order chi connectivity index (χ0) is 30.5. The Morgan fingerprint density at radius 3 is 2.33 bits per heavy atom. The molecule has 3 aliphatic rings. The van der Waals surface area contributed by atoms with Crippen LogP contribution in [-0.4, -0.2) is 77.6 Å². The molecular weight excluding hydrogens is 613 g/mol. The van der Waals surface area contributed by atoms with Gasteiger partial charge in [-0.05, 0) is 62.6 Å². The van der Waals surface area contributed by atoms with Crippen LogP contribution in [0.1, 0.15) is 38.7 Å². The lowest BCUT2D eigenvalue weighted by Crippen LogP contribution is -2.76. The molecule has 3 atom stereocenters. The zero-order valence-electron chi connectivity index (χ0n) is 22.9. The molecule has 2 aromatic carbocycles. The molecular formula is C28H30Cl2F2N4O5S. The molecule has 3 unspecified atom stereocenters. The number of amides is 3. The second-order valence-corrected chi connectivity index (χ2v) is 13.8. The molecule has 0 aromatic heterocycles. The summed E-state index contributed by atoms with van der Waals surface area (Å²) in [5, 5.41) is 2.80. The van der Waals surface area contributed by atoms with Crippen molar-refractivity contribution < 1.29 is 31.6 Å². The van der Waals surface area contributed by atoms with Crippen LogP contribution < -0.4 is 5.32 Å². The van der Waals surface area contributed by atoms with E-state index in [1.807, 2.05) is 0 Å². The van der Waals surface area contributed by atoms with Gasteiger partial charge in [0.1, 0.15) is 23.1 Å². The number of piperazine rings is 1. The third kappa shape index (κ3) is 5.61. The summed E-state index contributed by atoms with van der Waals surface area (Å²) in [4.78, 5) is 43.1. The number of hydrogen-bond acceptors (Lipinski definition) is 5. The molecule has 5 rings (SSSR count). The molecule has 3 amide bonds. The molecule has 9 nitrogen and oxygen atoms in total. The van der Waals surface area contributed by atoms with Crippen molar-refractivity contribution >= 4 is 50.9 Å². The van der Waals surface area contributed by atoms with Crippen LogP contribution in [0.4, 0.5) is 8.78 Å². The van der Waals surface area contributed by atoms with E-state index in [0.717, 1.165) is 22.9 Å². The molecule has 1 saturated carbocycles. The van der Waals surface area contributed by atoms with Gasteiger partial charge >= 0.3 is 0 Å². The minimum atomic E-state index is -4.41. The Morgan fingerprint density at radius 2 is 1.74 bits per heavy atom. The maximum Gasteiger partial charge on any atom is 0.248 e. The molecule has 1 aliphatic carbocycles. The topological polar surface area (TPSA) is 107 Å². The van der Waals surface area contributed by atoms with E-state index in [-0.39, 0.29) is 51.3 Å². The Labute approximate surface area is 252 Å². The number of sulfonamides is 1. The summed E-state index contributed by atoms with van der Waals surface area (Å²) in [6.45, 7) is 2.97. The smallest absolute Gasteiger partial charge is 0.248 e. The Balaban J connectivity index is 1.60. The first-order valence-electron chi connectivity index (χ1n) is 13.6. The van der Waals surface area contributed by atoms with Crippen LogP contribution >= 0.6 is 23.2 Å². The van der Waals surface area contributed by atoms with E-state index in [1.54, 1.807) is 13.8 Å². The number of halogens is 4. The van der Waals surface area contributed by atoms with E-state index >= 15 is 0 Å². The molecule has 0 spiro atoms. The fourth-order valence-corrected chi connectivity index (χ4v) is 7.97. The molecule has 2 saturated heterocycles. The van der Waals surface area contributed by atoms with Crippen molar-refractivity contribution in [2.75, 3.05) is 13.1 Å². The third-order valence-corrected chi connectivity index (χ3v) is 10.7. The van der Waals surface area contributed by atoms with Gasteiger partial charge in [0.05, 0.1) is 11.6 Å². The van der Waals surface area contributed by atoms with Gasteiger partial charge in [0.2, 0.25) is 27.7 Å². The molecule has 0 bridgehead atoms. The van der Waals surface area contributed by atoms with Crippen LogP contribution in [0.15, 0.2) is 41.3 Å². The molecule has 2 heterocycles. The highest BCUT2D eigenvalue weighted by Crippen LogP contribution is 2.35. The first kappa shape index (κ1) is 30.7. The number of fused-ring (bicyclic) bond motifs is 1. The third-order valence-electron chi connectivity index (χ3n) is 8.14. The van der Waals surface area contributed by atoms with Gasteiger partial charge in [0.15, 0.2) is 11.6 Å². The highest BCUT2D eigenvalue weighted by molar-refractivity contribution is 7.89. The highest BCUT2D eigenvalue weighted by Gasteiger charge is 2.54. The van der Waals surface area contributed by atoms with Crippen LogP contribution in [-0.2, 0) is 30.8 Å². The summed E-state index contributed by atoms with van der Waals surface area (Å²) in [6, 6.07) is 4.17. The lowest BCUT2D eigenvalue weighted by atomic mass is 9.84. The average molecular weight is 644 g/mol. The molecule has 2 aromatic rings. The van der Waals surface area contributed by atoms with Crippen LogP contribution in [0.5, 0.6) is 0 Å². The molecule has 1 N–H and O–H groups in total. The number of hydrogen-bond donors (Lipinski definition) is 1. The van der Waals surface area contributed by atoms with Crippen molar-refractivity contribution in [2.45, 2.75) is 68.7 Å². The lowest BCUT2D eigenvalue weighted by Gasteiger charge is -2.54. The number of carbonyl (C=O) groups is 3. The van der Waals surface area contributed by atoms with Crippen LogP contribution in [0.25, 0.3) is 0 Å². The van der Waals surface area contributed by atoms with E-state index in [9.17, 15) is 31.6 Å². The van der Waals surface area contributed by atoms with Crippen molar-refractivity contribution in [1.82, 2.24) is 19.4 Å². The maximum absolute atomic E-state index is 14.2. The molecule has 3 fully saturated rings. The first-order valence-corrected chi connectivity index (χ1v) is 15.8. The number of nitrogens with one attached hydrogen (secondary N) is 1. The van der Waals surface area contributed by atoms with Crippen molar-refractivity contribution in [3.05, 3.63) is 63.6 Å². The van der Waals surface area contributed by atoms with E-state index in [1.165, 1.54) is 34.1 Å². The molecule has 14 heteroatoms. The standard InChI is InChI=1S/C28H30Cl2F2N4O5S/c1-15(2)34-14-25-35(42(40,41)24-9-7-18(29)12-19(24)30)13-22(33-26(37)17-4-3-5-17)27(38)36(25)23(28(34)39)11-16-6-8-20(31)21(32)10-16/h6-10,12,15,17,22-23,25H,3-5,11,13-14H2,1-2H3,(H,33,37). The van der Waals surface area contributed by atoms with Crippen molar-refractivity contribution in [3.63, 3.8) is 0 Å². The Bertz CT molecular complexity index is 1540. The quantitative estimate of drug-likeness (QED) is 0.497. The van der Waals surface area contributed by atoms with E-state index in [2.05, 4.69) is 5.32 Å². The highest BCUT2D eigenvalue weighted by atomic mass is 35.5. The van der Waals surface area contributed by atoms with Crippen LogP contribution in [0, 0.1) is 17.6 Å². The number of benzene rings is 2. The van der Waals surface area contributed by atoms with Crippen LogP contribution in [0.3, 0.4) is 0 Å². The minimum absolute atomic E-state index is 0.132. The van der Waals surface area contributed by atoms with E-state index in [0.29, 0.717) is 12.8 Å². The average Bonchev–Trinajstić information content (AvgIpc) is 2.87. The summed E-state index contributed by atoms with van der Waals surface area (Å²) in [7, 11) is -4.41. The summed E-state index contributed by atoms with van der Waals surface area (Å²) in [6.07, 6.45) is 0.808. The molecule has 2 aliphatic heterocycles. The summed E-state index contributed by atoms with van der Waals surface area (Å²) in [5.41, 5.74) is 0.236. The summed E-state index contributed by atoms with van der Waals surface area (Å²) in [5.74, 6) is -3.96. The van der Waals surface area contributed by atoms with Crippen molar-refractivity contribution in [2.24, 2.45) is 5.92 Å². The van der Waals surface area contributed by atoms with Gasteiger partial charge in [-0.15, -0.1) is 0 Å². The van der Waals surface area contributed by atoms with Gasteiger partial charge < -0.3 is 15.1 Å². The van der Waals surface area contributed by atoms with Crippen molar-refractivity contribution in [1.29, 1.82) is 0 Å². The molecule has 0 radical (unpaired) electrons. The van der Waals surface area contributed by atoms with Gasteiger partial charge in [0.25, 0.3) is 0 Å². The van der Waals surface area contributed by atoms with Gasteiger partial charge in [-0.25, -0.2) is 17.2 Å². The second kappa shape index (κ2) is 11.7. The largest absolute Gasteiger partial charge is 0.343 e. The van der Waals surface area contributed by atoms with Gasteiger partial charge in [-0.2, -0.15) is 4.31 Å². The SMILES string of the molecule is CC(C)N1CC2N(C(=O)C(NC(=O)C3CCC3)CN2S(=O)(=O)c2ccc(Cl)cc2Cl)C(Cc2ccc(F)c(F)c2)C1=O. The van der Waals surface area contributed by atoms with E-state index < -0.39 is 58.3 Å². The fourth-order valence-electron chi connectivity index (χ4n) is 5.64. The predicted molar refractivity (Wildman–Crippen MR) is 151 cm³/mol. The van der Waals surface area contributed by atoms with E-state index in [4.69, 9.17) is 23.2 Å². The number of carbonyl (C=O) groups excluding carboxylic acids is 3. The Kier molecular flexibility index (Phi) is 8.54. The van der Waals surface area contributed by atoms with Crippen LogP contribution in [0.2, 0.25) is 10.0 Å². The Morgan fingerprint density at radius 1 is 1.02 bits per heavy atom. The zero-order valence-corrected chi connectivity index (χ0v) is 25.2. The maximum atomic E-state index is 14.2. The molecule has 226 valence electrons. The van der Waals surface area contributed by atoms with Crippen molar-refractivity contribution in [3.8, 4) is 0 Å². The number of nitrogens with zero attached hydrogens (tertiary/aromatic N) is 3. The second-order valence-electron chi connectivity index (χ2n) is 11.1. The van der Waals surface area contributed by atoms with Gasteiger partial charge in [-0.1, -0.05) is 35.7 Å². The number of rotatable bonds is 7. The normalized spacial score (nSPS) is 23.6. The Hall–Kier alpha value is -2.80. The predicted octanol–water partition coefficient (Wildman–Crippen LogP) is 3.58. The first-order chi connectivity index (χ1) is 19.8.